The van der Waals surface area contributed by atoms with Crippen LogP contribution in [0.3, 0.4) is 0 Å². The van der Waals surface area contributed by atoms with E-state index >= 15 is 0 Å². The van der Waals surface area contributed by atoms with Gasteiger partial charge in [0.05, 0.1) is 11.6 Å². The predicted octanol–water partition coefficient (Wildman–Crippen LogP) is 3.62. The van der Waals surface area contributed by atoms with E-state index in [2.05, 4.69) is 21.2 Å². The molecule has 0 unspecified atom stereocenters. The lowest BCUT2D eigenvalue weighted by Crippen LogP contribution is -2.34. The monoisotopic (exact) mass is 364 g/mol. The summed E-state index contributed by atoms with van der Waals surface area (Å²) in [5.41, 5.74) is 1.55. The van der Waals surface area contributed by atoms with Gasteiger partial charge in [-0.15, -0.1) is 0 Å². The number of carbonyl (C=O) groups is 1. The van der Waals surface area contributed by atoms with E-state index in [-0.39, 0.29) is 17.8 Å². The van der Waals surface area contributed by atoms with Crippen LogP contribution in [0, 0.1) is 5.82 Å². The summed E-state index contributed by atoms with van der Waals surface area (Å²) in [7, 11) is 3.86. The lowest BCUT2D eigenvalue weighted by atomic mass is 10.1. The van der Waals surface area contributed by atoms with E-state index in [0.29, 0.717) is 12.1 Å². The SMILES string of the molecule is CN(C)[C@H](CNC(=O)c1ccccc1Br)c1ccc(F)cc1. The molecule has 22 heavy (non-hydrogen) atoms. The Morgan fingerprint density at radius 2 is 1.82 bits per heavy atom. The minimum Gasteiger partial charge on any atom is -0.350 e. The highest BCUT2D eigenvalue weighted by Gasteiger charge is 2.16. The molecule has 0 heterocycles. The molecule has 0 bridgehead atoms. The third-order valence-corrected chi connectivity index (χ3v) is 4.14. The molecule has 0 aliphatic carbocycles. The summed E-state index contributed by atoms with van der Waals surface area (Å²) in [4.78, 5) is 14.3. The Kier molecular flexibility index (Phi) is 5.69. The van der Waals surface area contributed by atoms with Crippen LogP contribution >= 0.6 is 15.9 Å². The molecule has 5 heteroatoms. The van der Waals surface area contributed by atoms with Crippen molar-refractivity contribution >= 4 is 21.8 Å². The van der Waals surface area contributed by atoms with Crippen LogP contribution in [0.5, 0.6) is 0 Å². The van der Waals surface area contributed by atoms with Gasteiger partial charge in [0.25, 0.3) is 5.91 Å². The summed E-state index contributed by atoms with van der Waals surface area (Å²) in [5, 5.41) is 2.93. The molecule has 2 aromatic rings. The zero-order chi connectivity index (χ0) is 16.1. The van der Waals surface area contributed by atoms with Crippen molar-refractivity contribution in [2.24, 2.45) is 0 Å². The number of nitrogens with zero attached hydrogens (tertiary/aromatic N) is 1. The number of benzene rings is 2. The molecule has 0 spiro atoms. The van der Waals surface area contributed by atoms with Gasteiger partial charge in [-0.05, 0) is 59.9 Å². The van der Waals surface area contributed by atoms with Crippen LogP contribution in [-0.4, -0.2) is 31.4 Å². The second-order valence-electron chi connectivity index (χ2n) is 5.22. The fourth-order valence-electron chi connectivity index (χ4n) is 2.21. The first-order valence-corrected chi connectivity index (χ1v) is 7.73. The van der Waals surface area contributed by atoms with Crippen LogP contribution in [0.4, 0.5) is 4.39 Å². The largest absolute Gasteiger partial charge is 0.350 e. The van der Waals surface area contributed by atoms with Crippen LogP contribution in [0.1, 0.15) is 22.0 Å². The van der Waals surface area contributed by atoms with Crippen molar-refractivity contribution in [3.05, 3.63) is 69.9 Å². The van der Waals surface area contributed by atoms with Crippen LogP contribution in [0.2, 0.25) is 0 Å². The van der Waals surface area contributed by atoms with E-state index in [1.807, 2.05) is 37.2 Å². The number of hydrogen-bond acceptors (Lipinski definition) is 2. The summed E-state index contributed by atoms with van der Waals surface area (Å²) in [6.07, 6.45) is 0. The van der Waals surface area contributed by atoms with Gasteiger partial charge < -0.3 is 10.2 Å². The van der Waals surface area contributed by atoms with Gasteiger partial charge in [0.2, 0.25) is 0 Å². The van der Waals surface area contributed by atoms with Crippen molar-refractivity contribution < 1.29 is 9.18 Å². The minimum absolute atomic E-state index is 0.0213. The molecule has 2 aromatic carbocycles. The van der Waals surface area contributed by atoms with Gasteiger partial charge in [0.1, 0.15) is 5.82 Å². The van der Waals surface area contributed by atoms with Gasteiger partial charge in [-0.25, -0.2) is 4.39 Å². The van der Waals surface area contributed by atoms with Gasteiger partial charge in [0, 0.05) is 11.0 Å². The van der Waals surface area contributed by atoms with Gasteiger partial charge >= 0.3 is 0 Å². The average Bonchev–Trinajstić information content (AvgIpc) is 2.49. The molecule has 0 saturated heterocycles. The topological polar surface area (TPSA) is 32.3 Å². The molecule has 116 valence electrons. The van der Waals surface area contributed by atoms with Crippen molar-refractivity contribution in [3.63, 3.8) is 0 Å². The van der Waals surface area contributed by atoms with E-state index < -0.39 is 0 Å². The van der Waals surface area contributed by atoms with Crippen molar-refractivity contribution in [2.75, 3.05) is 20.6 Å². The quantitative estimate of drug-likeness (QED) is 0.878. The molecule has 0 radical (unpaired) electrons. The molecule has 0 fully saturated rings. The zero-order valence-corrected chi connectivity index (χ0v) is 14.1. The molecule has 0 aliphatic rings. The Balaban J connectivity index is 2.08. The Morgan fingerprint density at radius 3 is 2.41 bits per heavy atom. The van der Waals surface area contributed by atoms with E-state index in [9.17, 15) is 9.18 Å². The molecule has 0 saturated carbocycles. The zero-order valence-electron chi connectivity index (χ0n) is 12.5. The van der Waals surface area contributed by atoms with Crippen molar-refractivity contribution in [2.45, 2.75) is 6.04 Å². The van der Waals surface area contributed by atoms with E-state index in [1.54, 1.807) is 18.2 Å². The fourth-order valence-corrected chi connectivity index (χ4v) is 2.68. The third kappa shape index (κ3) is 4.15. The first-order chi connectivity index (χ1) is 10.5. The van der Waals surface area contributed by atoms with Gasteiger partial charge in [-0.2, -0.15) is 0 Å². The van der Waals surface area contributed by atoms with E-state index in [1.165, 1.54) is 12.1 Å². The van der Waals surface area contributed by atoms with E-state index in [0.717, 1.165) is 10.0 Å². The lowest BCUT2D eigenvalue weighted by Gasteiger charge is -2.25. The maximum atomic E-state index is 13.0. The molecule has 0 aromatic heterocycles. The Morgan fingerprint density at radius 1 is 1.18 bits per heavy atom. The molecule has 1 N–H and O–H groups in total. The number of likely N-dealkylation sites (N-methyl/N-ethyl adjacent to an activating group) is 1. The smallest absolute Gasteiger partial charge is 0.252 e. The van der Waals surface area contributed by atoms with Gasteiger partial charge in [-0.1, -0.05) is 24.3 Å². The molecule has 1 amide bonds. The van der Waals surface area contributed by atoms with E-state index in [4.69, 9.17) is 0 Å². The van der Waals surface area contributed by atoms with Crippen LogP contribution in [-0.2, 0) is 0 Å². The second kappa shape index (κ2) is 7.51. The third-order valence-electron chi connectivity index (χ3n) is 3.45. The van der Waals surface area contributed by atoms with Crippen LogP contribution < -0.4 is 5.32 Å². The van der Waals surface area contributed by atoms with Crippen molar-refractivity contribution in [1.29, 1.82) is 0 Å². The maximum absolute atomic E-state index is 13.0. The molecular weight excluding hydrogens is 347 g/mol. The fraction of sp³-hybridized carbons (Fsp3) is 0.235. The molecule has 2 rings (SSSR count). The molecule has 1 atom stereocenters. The Hall–Kier alpha value is -1.72. The lowest BCUT2D eigenvalue weighted by molar-refractivity contribution is 0.0941. The van der Waals surface area contributed by atoms with Crippen LogP contribution in [0.15, 0.2) is 53.0 Å². The molecule has 0 aliphatic heterocycles. The summed E-state index contributed by atoms with van der Waals surface area (Å²) in [6.45, 7) is 0.443. The highest BCUT2D eigenvalue weighted by molar-refractivity contribution is 9.10. The summed E-state index contributed by atoms with van der Waals surface area (Å²) in [5.74, 6) is -0.403. The van der Waals surface area contributed by atoms with Gasteiger partial charge in [0.15, 0.2) is 0 Å². The first kappa shape index (κ1) is 16.6. The number of nitrogens with one attached hydrogen (secondary N) is 1. The number of amides is 1. The van der Waals surface area contributed by atoms with Crippen molar-refractivity contribution in [1.82, 2.24) is 10.2 Å². The summed E-state index contributed by atoms with van der Waals surface area (Å²) < 4.78 is 13.8. The number of rotatable bonds is 5. The van der Waals surface area contributed by atoms with Crippen LogP contribution in [0.25, 0.3) is 0 Å². The maximum Gasteiger partial charge on any atom is 0.252 e. The second-order valence-corrected chi connectivity index (χ2v) is 6.08. The van der Waals surface area contributed by atoms with Crippen molar-refractivity contribution in [3.8, 4) is 0 Å². The summed E-state index contributed by atoms with van der Waals surface area (Å²) in [6, 6.07) is 13.6. The highest BCUT2D eigenvalue weighted by atomic mass is 79.9. The number of hydrogen-bond donors (Lipinski definition) is 1. The highest BCUT2D eigenvalue weighted by Crippen LogP contribution is 2.19. The number of halogens is 2. The molecular formula is C17H18BrFN2O. The standard InChI is InChI=1S/C17H18BrFN2O/c1-21(2)16(12-7-9-13(19)10-8-12)11-20-17(22)14-5-3-4-6-15(14)18/h3-10,16H,11H2,1-2H3,(H,20,22)/t16-/m1/s1. The molecule has 3 nitrogen and oxygen atoms in total. The normalized spacial score (nSPS) is 12.2. The van der Waals surface area contributed by atoms with Gasteiger partial charge in [-0.3, -0.25) is 4.79 Å². The minimum atomic E-state index is -0.265. The average molecular weight is 365 g/mol. The Labute approximate surface area is 138 Å². The first-order valence-electron chi connectivity index (χ1n) is 6.93. The predicted molar refractivity (Wildman–Crippen MR) is 89.3 cm³/mol. The number of carbonyl (C=O) groups excluding carboxylic acids is 1. The Bertz CT molecular complexity index is 643. The summed E-state index contributed by atoms with van der Waals surface area (Å²) >= 11 is 3.37.